The average molecular weight is 627 g/mol. The summed E-state index contributed by atoms with van der Waals surface area (Å²) < 4.78 is 13.7. The van der Waals surface area contributed by atoms with Crippen LogP contribution >= 0.6 is 0 Å². The molecule has 5 rings (SSSR count). The second kappa shape index (κ2) is 15.3. The fourth-order valence-electron chi connectivity index (χ4n) is 6.45. The van der Waals surface area contributed by atoms with E-state index in [0.717, 1.165) is 47.7 Å². The summed E-state index contributed by atoms with van der Waals surface area (Å²) in [5, 5.41) is 7.40. The van der Waals surface area contributed by atoms with E-state index >= 15 is 0 Å². The van der Waals surface area contributed by atoms with Crippen LogP contribution < -0.4 is 10.6 Å². The highest BCUT2D eigenvalue weighted by atomic mass is 16.5. The normalized spacial score (nSPS) is 15.1. The molecule has 1 aliphatic rings. The highest BCUT2D eigenvalue weighted by Gasteiger charge is 2.31. The van der Waals surface area contributed by atoms with Crippen molar-refractivity contribution in [3.05, 3.63) is 89.3 Å². The van der Waals surface area contributed by atoms with Crippen LogP contribution in [0.25, 0.3) is 10.9 Å². The lowest BCUT2D eigenvalue weighted by molar-refractivity contribution is -0.131. The van der Waals surface area contributed by atoms with Crippen LogP contribution in [-0.4, -0.2) is 33.4 Å². The minimum atomic E-state index is -0.677. The third-order valence-electron chi connectivity index (χ3n) is 8.77. The van der Waals surface area contributed by atoms with Gasteiger partial charge >= 0.3 is 5.97 Å². The van der Waals surface area contributed by atoms with Gasteiger partial charge in [0, 0.05) is 48.9 Å². The summed E-state index contributed by atoms with van der Waals surface area (Å²) in [6.07, 6.45) is 8.51. The van der Waals surface area contributed by atoms with Gasteiger partial charge in [-0.1, -0.05) is 81.6 Å². The first kappa shape index (κ1) is 33.0. The number of oxazole rings is 1. The molecule has 0 saturated heterocycles. The number of rotatable bonds is 13. The number of aromatic nitrogens is 2. The number of hydrogen-bond donors (Lipinski definition) is 2. The van der Waals surface area contributed by atoms with Gasteiger partial charge in [-0.25, -0.2) is 9.78 Å². The summed E-state index contributed by atoms with van der Waals surface area (Å²) in [5.41, 5.74) is 3.01. The van der Waals surface area contributed by atoms with Gasteiger partial charge in [0.2, 0.25) is 17.7 Å². The summed E-state index contributed by atoms with van der Waals surface area (Å²) >= 11 is 0. The SMILES string of the molecule is Cc1oc([C@@H](Cc2cn(C)c3ccccc23)NC(=O)[C@@H](CC(=O)NC2CCCCC2)CC(C)C)nc1C(=O)OCc1ccccc1. The molecule has 1 fully saturated rings. The van der Waals surface area contributed by atoms with Crippen molar-refractivity contribution in [1.29, 1.82) is 0 Å². The fraction of sp³-hybridized carbons (Fsp3) is 0.459. The van der Waals surface area contributed by atoms with Gasteiger partial charge in [0.25, 0.3) is 0 Å². The van der Waals surface area contributed by atoms with E-state index in [2.05, 4.69) is 29.5 Å². The third kappa shape index (κ3) is 8.44. The number of nitrogens with zero attached hydrogens (tertiary/aromatic N) is 2. The zero-order valence-corrected chi connectivity index (χ0v) is 27.4. The van der Waals surface area contributed by atoms with Crippen LogP contribution in [0.4, 0.5) is 0 Å². The van der Waals surface area contributed by atoms with E-state index in [0.29, 0.717) is 18.6 Å². The van der Waals surface area contributed by atoms with Gasteiger partial charge in [-0.15, -0.1) is 0 Å². The Morgan fingerprint density at radius 2 is 1.74 bits per heavy atom. The van der Waals surface area contributed by atoms with Crippen molar-refractivity contribution >= 4 is 28.7 Å². The molecule has 0 bridgehead atoms. The Morgan fingerprint density at radius 3 is 2.48 bits per heavy atom. The molecular formula is C37H46N4O5. The number of para-hydroxylation sites is 1. The van der Waals surface area contributed by atoms with Crippen LogP contribution in [0.2, 0.25) is 0 Å². The first-order valence-electron chi connectivity index (χ1n) is 16.5. The number of fused-ring (bicyclic) bond motifs is 1. The predicted octanol–water partition coefficient (Wildman–Crippen LogP) is 6.73. The Bertz CT molecular complexity index is 1630. The highest BCUT2D eigenvalue weighted by molar-refractivity contribution is 5.89. The number of ether oxygens (including phenoxy) is 1. The van der Waals surface area contributed by atoms with Crippen molar-refractivity contribution in [3.8, 4) is 0 Å². The topological polar surface area (TPSA) is 115 Å². The molecule has 2 N–H and O–H groups in total. The van der Waals surface area contributed by atoms with Gasteiger partial charge in [0.15, 0.2) is 5.69 Å². The molecule has 2 heterocycles. The largest absolute Gasteiger partial charge is 0.456 e. The minimum absolute atomic E-state index is 0.0775. The van der Waals surface area contributed by atoms with Crippen LogP contribution in [0.1, 0.15) is 98.1 Å². The molecule has 9 heteroatoms. The van der Waals surface area contributed by atoms with Crippen molar-refractivity contribution in [2.24, 2.45) is 18.9 Å². The van der Waals surface area contributed by atoms with Crippen molar-refractivity contribution < 1.29 is 23.5 Å². The number of nitrogens with one attached hydrogen (secondary N) is 2. The number of aryl methyl sites for hydroxylation is 2. The zero-order chi connectivity index (χ0) is 32.6. The molecular weight excluding hydrogens is 580 g/mol. The van der Waals surface area contributed by atoms with E-state index in [4.69, 9.17) is 9.15 Å². The molecule has 1 aliphatic carbocycles. The Labute approximate surface area is 271 Å². The van der Waals surface area contributed by atoms with Crippen molar-refractivity contribution in [3.63, 3.8) is 0 Å². The van der Waals surface area contributed by atoms with Gasteiger partial charge in [0.1, 0.15) is 18.4 Å². The van der Waals surface area contributed by atoms with E-state index in [1.54, 1.807) is 6.92 Å². The zero-order valence-electron chi connectivity index (χ0n) is 27.4. The summed E-state index contributed by atoms with van der Waals surface area (Å²) in [4.78, 5) is 44.7. The summed E-state index contributed by atoms with van der Waals surface area (Å²) in [6.45, 7) is 5.89. The van der Waals surface area contributed by atoms with Gasteiger partial charge in [0.05, 0.1) is 0 Å². The smallest absolute Gasteiger partial charge is 0.360 e. The fourth-order valence-corrected chi connectivity index (χ4v) is 6.45. The van der Waals surface area contributed by atoms with E-state index in [9.17, 15) is 14.4 Å². The number of benzene rings is 2. The maximum atomic E-state index is 14.0. The molecule has 0 spiro atoms. The first-order valence-corrected chi connectivity index (χ1v) is 16.5. The molecule has 9 nitrogen and oxygen atoms in total. The molecule has 1 saturated carbocycles. The monoisotopic (exact) mass is 626 g/mol. The van der Waals surface area contributed by atoms with E-state index in [1.807, 2.05) is 72.4 Å². The van der Waals surface area contributed by atoms with Gasteiger partial charge < -0.3 is 24.4 Å². The van der Waals surface area contributed by atoms with Crippen LogP contribution in [0, 0.1) is 18.8 Å². The second-order valence-electron chi connectivity index (χ2n) is 13.0. The van der Waals surface area contributed by atoms with Gasteiger partial charge in [-0.2, -0.15) is 0 Å². The lowest BCUT2D eigenvalue weighted by atomic mass is 9.91. The Morgan fingerprint density at radius 1 is 1.02 bits per heavy atom. The summed E-state index contributed by atoms with van der Waals surface area (Å²) in [6, 6.07) is 17.0. The molecule has 244 valence electrons. The van der Waals surface area contributed by atoms with Crippen LogP contribution in [-0.2, 0) is 34.4 Å². The van der Waals surface area contributed by atoms with Crippen molar-refractivity contribution in [1.82, 2.24) is 20.2 Å². The molecule has 0 radical (unpaired) electrons. The number of hydrogen-bond acceptors (Lipinski definition) is 6. The molecule has 2 aromatic heterocycles. The van der Waals surface area contributed by atoms with Gasteiger partial charge in [-0.3, -0.25) is 9.59 Å². The molecule has 4 aromatic rings. The molecule has 2 aromatic carbocycles. The molecule has 2 atom stereocenters. The number of carbonyl (C=O) groups excluding carboxylic acids is 3. The molecule has 0 aliphatic heterocycles. The van der Waals surface area contributed by atoms with Crippen molar-refractivity contribution in [2.75, 3.05) is 0 Å². The molecule has 2 amide bonds. The van der Waals surface area contributed by atoms with E-state index < -0.39 is 17.9 Å². The molecule has 0 unspecified atom stereocenters. The maximum Gasteiger partial charge on any atom is 0.360 e. The van der Waals surface area contributed by atoms with E-state index in [-0.39, 0.29) is 48.4 Å². The van der Waals surface area contributed by atoms with Crippen LogP contribution in [0.15, 0.2) is 65.2 Å². The lowest BCUT2D eigenvalue weighted by Gasteiger charge is -2.25. The first-order chi connectivity index (χ1) is 22.2. The van der Waals surface area contributed by atoms with Gasteiger partial charge in [-0.05, 0) is 49.3 Å². The number of esters is 1. The number of amides is 2. The lowest BCUT2D eigenvalue weighted by Crippen LogP contribution is -2.41. The predicted molar refractivity (Wildman–Crippen MR) is 177 cm³/mol. The highest BCUT2D eigenvalue weighted by Crippen LogP contribution is 2.28. The summed E-state index contributed by atoms with van der Waals surface area (Å²) in [7, 11) is 1.99. The summed E-state index contributed by atoms with van der Waals surface area (Å²) in [5.74, 6) is -0.690. The number of carbonyl (C=O) groups is 3. The Balaban J connectivity index is 1.38. The van der Waals surface area contributed by atoms with Crippen LogP contribution in [0.5, 0.6) is 0 Å². The minimum Gasteiger partial charge on any atom is -0.456 e. The molecule has 46 heavy (non-hydrogen) atoms. The standard InChI is InChI=1S/C37H46N4O5/c1-24(2)19-27(21-33(42)38-29-15-9-6-10-16-29)35(43)39-31(20-28-22-41(4)32-18-12-11-17-30(28)32)36-40-34(25(3)46-36)37(44)45-23-26-13-7-5-8-14-26/h5,7-8,11-14,17-18,22,24,27,29,31H,6,9-10,15-16,19-21,23H2,1-4H3,(H,38,42)(H,39,43)/t27-,31-/m1/s1. The Kier molecular flexibility index (Phi) is 10.9. The Hall–Kier alpha value is -4.40. The second-order valence-corrected chi connectivity index (χ2v) is 13.0. The third-order valence-corrected chi connectivity index (χ3v) is 8.77. The van der Waals surface area contributed by atoms with Crippen molar-refractivity contribution in [2.45, 2.75) is 90.8 Å². The maximum absolute atomic E-state index is 14.0. The van der Waals surface area contributed by atoms with E-state index in [1.165, 1.54) is 6.42 Å². The quantitative estimate of drug-likeness (QED) is 0.159. The average Bonchev–Trinajstić information content (AvgIpc) is 3.59. The van der Waals surface area contributed by atoms with Crippen LogP contribution in [0.3, 0.4) is 0 Å².